The molecule has 2 rings (SSSR count). The summed E-state index contributed by atoms with van der Waals surface area (Å²) in [7, 11) is 1.64. The fourth-order valence-corrected chi connectivity index (χ4v) is 1.88. The predicted octanol–water partition coefficient (Wildman–Crippen LogP) is 0.00680. The average molecular weight is 238 g/mol. The molecule has 1 aliphatic rings. The van der Waals surface area contributed by atoms with Crippen molar-refractivity contribution in [3.63, 3.8) is 0 Å². The predicted molar refractivity (Wildman–Crippen MR) is 58.2 cm³/mol. The Labute approximate surface area is 98.4 Å². The van der Waals surface area contributed by atoms with Gasteiger partial charge in [0.2, 0.25) is 5.91 Å². The minimum absolute atomic E-state index is 0.0820. The van der Waals surface area contributed by atoms with Crippen LogP contribution in [-0.2, 0) is 16.1 Å². The van der Waals surface area contributed by atoms with E-state index in [9.17, 15) is 9.59 Å². The Morgan fingerprint density at radius 3 is 3.00 bits per heavy atom. The number of aliphatic carboxylic acids is 1. The fourth-order valence-electron chi connectivity index (χ4n) is 1.88. The van der Waals surface area contributed by atoms with Gasteiger partial charge < -0.3 is 14.4 Å². The average Bonchev–Trinajstić information content (AvgIpc) is 2.74. The van der Waals surface area contributed by atoms with Gasteiger partial charge in [0, 0.05) is 6.54 Å². The lowest BCUT2D eigenvalue weighted by atomic mass is 10.1. The molecule has 0 aromatic carbocycles. The number of likely N-dealkylation sites (N-methyl/N-ethyl adjacent to an activating group) is 1. The third-order valence-corrected chi connectivity index (χ3v) is 2.87. The summed E-state index contributed by atoms with van der Waals surface area (Å²) in [5, 5.41) is 9.04. The number of hydrogen-bond donors (Lipinski definition) is 1. The van der Waals surface area contributed by atoms with Crippen molar-refractivity contribution in [1.29, 1.82) is 0 Å². The van der Waals surface area contributed by atoms with E-state index >= 15 is 0 Å². The zero-order chi connectivity index (χ0) is 12.4. The summed E-state index contributed by atoms with van der Waals surface area (Å²) in [5.41, 5.74) is 0. The van der Waals surface area contributed by atoms with Crippen LogP contribution in [0.25, 0.3) is 0 Å². The number of furan rings is 1. The van der Waals surface area contributed by atoms with Gasteiger partial charge in [0.1, 0.15) is 11.8 Å². The summed E-state index contributed by atoms with van der Waals surface area (Å²) >= 11 is 0. The number of carbonyl (C=O) groups is 2. The van der Waals surface area contributed by atoms with E-state index in [0.717, 1.165) is 0 Å². The number of hydrogen-bond acceptors (Lipinski definition) is 4. The SMILES string of the molecule is CN1CC(=O)N(Cc2ccco2)CC1C(=O)O. The molecule has 1 amide bonds. The van der Waals surface area contributed by atoms with Crippen molar-refractivity contribution in [3.05, 3.63) is 24.2 Å². The van der Waals surface area contributed by atoms with Crippen molar-refractivity contribution >= 4 is 11.9 Å². The molecule has 1 N–H and O–H groups in total. The Hall–Kier alpha value is -1.82. The molecule has 1 saturated heterocycles. The molecular formula is C11H14N2O4. The van der Waals surface area contributed by atoms with Crippen molar-refractivity contribution in [2.24, 2.45) is 0 Å². The van der Waals surface area contributed by atoms with Crippen LogP contribution in [0.2, 0.25) is 0 Å². The molecule has 1 aromatic rings. The van der Waals surface area contributed by atoms with Gasteiger partial charge in [-0.2, -0.15) is 0 Å². The minimum atomic E-state index is -0.913. The normalized spacial score (nSPS) is 21.8. The highest BCUT2D eigenvalue weighted by Crippen LogP contribution is 2.13. The van der Waals surface area contributed by atoms with Gasteiger partial charge in [-0.1, -0.05) is 0 Å². The minimum Gasteiger partial charge on any atom is -0.480 e. The highest BCUT2D eigenvalue weighted by Gasteiger charge is 2.34. The van der Waals surface area contributed by atoms with Gasteiger partial charge >= 0.3 is 5.97 Å². The number of rotatable bonds is 3. The first-order valence-electron chi connectivity index (χ1n) is 5.31. The third kappa shape index (κ3) is 2.47. The Bertz CT molecular complexity index is 415. The van der Waals surface area contributed by atoms with Crippen molar-refractivity contribution in [1.82, 2.24) is 9.80 Å². The molecule has 0 bridgehead atoms. The maximum Gasteiger partial charge on any atom is 0.322 e. The van der Waals surface area contributed by atoms with Crippen LogP contribution >= 0.6 is 0 Å². The second-order valence-electron chi connectivity index (χ2n) is 4.12. The zero-order valence-corrected chi connectivity index (χ0v) is 9.50. The highest BCUT2D eigenvalue weighted by molar-refractivity contribution is 5.83. The fraction of sp³-hybridized carbons (Fsp3) is 0.455. The van der Waals surface area contributed by atoms with E-state index in [4.69, 9.17) is 9.52 Å². The number of carbonyl (C=O) groups excluding carboxylic acids is 1. The van der Waals surface area contributed by atoms with Crippen LogP contribution < -0.4 is 0 Å². The van der Waals surface area contributed by atoms with Crippen LogP contribution in [0, 0.1) is 0 Å². The number of amides is 1. The molecule has 1 unspecified atom stereocenters. The topological polar surface area (TPSA) is 74.0 Å². The van der Waals surface area contributed by atoms with Gasteiger partial charge in [-0.25, -0.2) is 0 Å². The van der Waals surface area contributed by atoms with E-state index in [0.29, 0.717) is 12.3 Å². The van der Waals surface area contributed by atoms with Gasteiger partial charge in [-0.05, 0) is 19.2 Å². The lowest BCUT2D eigenvalue weighted by Crippen LogP contribution is -2.57. The van der Waals surface area contributed by atoms with Crippen molar-refractivity contribution in [2.75, 3.05) is 20.1 Å². The summed E-state index contributed by atoms with van der Waals surface area (Å²) in [4.78, 5) is 25.8. The van der Waals surface area contributed by atoms with Crippen LogP contribution in [0.4, 0.5) is 0 Å². The highest BCUT2D eigenvalue weighted by atomic mass is 16.4. The van der Waals surface area contributed by atoms with Gasteiger partial charge in [-0.3, -0.25) is 14.5 Å². The molecule has 6 nitrogen and oxygen atoms in total. The first-order valence-corrected chi connectivity index (χ1v) is 5.31. The molecule has 0 radical (unpaired) electrons. The van der Waals surface area contributed by atoms with E-state index in [1.807, 2.05) is 0 Å². The molecule has 1 aromatic heterocycles. The molecule has 0 spiro atoms. The maximum absolute atomic E-state index is 11.7. The summed E-state index contributed by atoms with van der Waals surface area (Å²) in [6.07, 6.45) is 1.53. The van der Waals surface area contributed by atoms with E-state index in [1.165, 1.54) is 11.2 Å². The largest absolute Gasteiger partial charge is 0.480 e. The summed E-state index contributed by atoms with van der Waals surface area (Å²) in [5.74, 6) is -0.335. The number of piperazine rings is 1. The van der Waals surface area contributed by atoms with Crippen LogP contribution in [0.3, 0.4) is 0 Å². The smallest absolute Gasteiger partial charge is 0.322 e. The Morgan fingerprint density at radius 1 is 1.65 bits per heavy atom. The molecule has 92 valence electrons. The summed E-state index contributed by atoms with van der Waals surface area (Å²) in [6.45, 7) is 0.631. The lowest BCUT2D eigenvalue weighted by molar-refractivity contribution is -0.151. The molecule has 1 fully saturated rings. The standard InChI is InChI=1S/C11H14N2O4/c1-12-7-10(14)13(6-9(12)11(15)16)5-8-3-2-4-17-8/h2-4,9H,5-7H2,1H3,(H,15,16). The quantitative estimate of drug-likeness (QED) is 0.802. The van der Waals surface area contributed by atoms with Crippen LogP contribution in [0.5, 0.6) is 0 Å². The molecule has 1 atom stereocenters. The van der Waals surface area contributed by atoms with E-state index in [2.05, 4.69) is 0 Å². The molecule has 17 heavy (non-hydrogen) atoms. The molecule has 1 aliphatic heterocycles. The second kappa shape index (κ2) is 4.58. The number of carboxylic acids is 1. The second-order valence-corrected chi connectivity index (χ2v) is 4.12. The summed E-state index contributed by atoms with van der Waals surface area (Å²) in [6, 6.07) is 2.86. The van der Waals surface area contributed by atoms with Gasteiger partial charge in [0.15, 0.2) is 0 Å². The van der Waals surface area contributed by atoms with Crippen molar-refractivity contribution in [3.8, 4) is 0 Å². The zero-order valence-electron chi connectivity index (χ0n) is 9.50. The number of nitrogens with zero attached hydrogens (tertiary/aromatic N) is 2. The van der Waals surface area contributed by atoms with Gasteiger partial charge in [0.25, 0.3) is 0 Å². The molecule has 0 saturated carbocycles. The lowest BCUT2D eigenvalue weighted by Gasteiger charge is -2.36. The Kier molecular flexibility index (Phi) is 3.14. The van der Waals surface area contributed by atoms with Crippen LogP contribution in [0.1, 0.15) is 5.76 Å². The molecular weight excluding hydrogens is 224 g/mol. The Balaban J connectivity index is 2.06. The van der Waals surface area contributed by atoms with Crippen molar-refractivity contribution in [2.45, 2.75) is 12.6 Å². The molecule has 6 heteroatoms. The van der Waals surface area contributed by atoms with Crippen LogP contribution in [-0.4, -0.2) is 53.0 Å². The van der Waals surface area contributed by atoms with Crippen molar-refractivity contribution < 1.29 is 19.1 Å². The van der Waals surface area contributed by atoms with Gasteiger partial charge in [0.05, 0.1) is 19.4 Å². The molecule has 2 heterocycles. The Morgan fingerprint density at radius 2 is 2.41 bits per heavy atom. The van der Waals surface area contributed by atoms with E-state index in [-0.39, 0.29) is 19.0 Å². The van der Waals surface area contributed by atoms with E-state index < -0.39 is 12.0 Å². The third-order valence-electron chi connectivity index (χ3n) is 2.87. The first-order chi connectivity index (χ1) is 8.08. The van der Waals surface area contributed by atoms with Crippen LogP contribution in [0.15, 0.2) is 22.8 Å². The monoisotopic (exact) mass is 238 g/mol. The first kappa shape index (κ1) is 11.7. The maximum atomic E-state index is 11.7. The van der Waals surface area contributed by atoms with Gasteiger partial charge in [-0.15, -0.1) is 0 Å². The molecule has 0 aliphatic carbocycles. The number of carboxylic acid groups (broad SMARTS) is 1. The summed E-state index contributed by atoms with van der Waals surface area (Å²) < 4.78 is 5.15. The van der Waals surface area contributed by atoms with E-state index in [1.54, 1.807) is 24.1 Å².